The van der Waals surface area contributed by atoms with Crippen LogP contribution in [-0.4, -0.2) is 42.7 Å². The van der Waals surface area contributed by atoms with Crippen LogP contribution in [0.5, 0.6) is 0 Å². The maximum Gasteiger partial charge on any atom is 0.335 e. The smallest absolute Gasteiger partial charge is 0.335 e. The molecule has 0 radical (unpaired) electrons. The zero-order chi connectivity index (χ0) is 23.5. The van der Waals surface area contributed by atoms with E-state index in [4.69, 9.17) is 0 Å². The molecule has 170 valence electrons. The zero-order valence-corrected chi connectivity index (χ0v) is 19.2. The van der Waals surface area contributed by atoms with Gasteiger partial charge in [-0.1, -0.05) is 30.3 Å². The Morgan fingerprint density at radius 2 is 1.76 bits per heavy atom. The van der Waals surface area contributed by atoms with Gasteiger partial charge in [0.2, 0.25) is 0 Å². The topological polar surface area (TPSA) is 72.9 Å². The predicted molar refractivity (Wildman–Crippen MR) is 133 cm³/mol. The predicted octanol–water partition coefficient (Wildman–Crippen LogP) is 4.97. The van der Waals surface area contributed by atoms with E-state index in [2.05, 4.69) is 53.2 Å². The molecule has 1 fully saturated rings. The van der Waals surface area contributed by atoms with Crippen LogP contribution in [0.2, 0.25) is 0 Å². The Morgan fingerprint density at radius 3 is 2.45 bits per heavy atom. The second-order valence-corrected chi connectivity index (χ2v) is 8.63. The molecule has 1 amide bonds. The standard InChI is InChI=1S/C27H29N3O3/c1-18-7-6-9-22(15-18)30-14-13-29(17-20(30)3)25-12-11-21(27(32)33)16-24(25)28-26(31)23-10-5-4-8-19(23)2/h4-12,15-16,20H,13-14,17H2,1-3H3,(H,28,31)(H,32,33)/t20-/m0/s1. The molecule has 0 spiro atoms. The highest BCUT2D eigenvalue weighted by molar-refractivity contribution is 6.07. The second kappa shape index (κ2) is 9.36. The van der Waals surface area contributed by atoms with Gasteiger partial charge in [-0.3, -0.25) is 4.79 Å². The van der Waals surface area contributed by atoms with Gasteiger partial charge in [0.05, 0.1) is 16.9 Å². The van der Waals surface area contributed by atoms with Crippen LogP contribution in [-0.2, 0) is 0 Å². The minimum absolute atomic E-state index is 0.144. The Morgan fingerprint density at radius 1 is 0.970 bits per heavy atom. The molecule has 4 rings (SSSR count). The van der Waals surface area contributed by atoms with Crippen LogP contribution in [0, 0.1) is 13.8 Å². The lowest BCUT2D eigenvalue weighted by Gasteiger charge is -2.43. The van der Waals surface area contributed by atoms with E-state index in [9.17, 15) is 14.7 Å². The number of carbonyl (C=O) groups excluding carboxylic acids is 1. The Balaban J connectivity index is 1.60. The largest absolute Gasteiger partial charge is 0.478 e. The molecular formula is C27H29N3O3. The van der Waals surface area contributed by atoms with Gasteiger partial charge in [0.1, 0.15) is 0 Å². The van der Waals surface area contributed by atoms with Gasteiger partial charge in [-0.05, 0) is 68.3 Å². The Labute approximate surface area is 194 Å². The first kappa shape index (κ1) is 22.4. The van der Waals surface area contributed by atoms with Crippen LogP contribution in [0.3, 0.4) is 0 Å². The highest BCUT2D eigenvalue weighted by atomic mass is 16.4. The third kappa shape index (κ3) is 4.85. The molecule has 0 unspecified atom stereocenters. The summed E-state index contributed by atoms with van der Waals surface area (Å²) in [6, 6.07) is 21.1. The fourth-order valence-corrected chi connectivity index (χ4v) is 4.43. The highest BCUT2D eigenvalue weighted by Crippen LogP contribution is 2.31. The fourth-order valence-electron chi connectivity index (χ4n) is 4.43. The summed E-state index contributed by atoms with van der Waals surface area (Å²) in [6.45, 7) is 8.52. The number of amides is 1. The first-order chi connectivity index (χ1) is 15.8. The van der Waals surface area contributed by atoms with E-state index in [1.165, 1.54) is 11.3 Å². The Kier molecular flexibility index (Phi) is 6.36. The molecule has 0 saturated carbocycles. The first-order valence-electron chi connectivity index (χ1n) is 11.2. The molecule has 1 saturated heterocycles. The van der Waals surface area contributed by atoms with Gasteiger partial charge < -0.3 is 20.2 Å². The van der Waals surface area contributed by atoms with Crippen molar-refractivity contribution >= 4 is 28.9 Å². The van der Waals surface area contributed by atoms with Crippen molar-refractivity contribution in [3.05, 3.63) is 89.0 Å². The van der Waals surface area contributed by atoms with Crippen molar-refractivity contribution in [2.75, 3.05) is 34.8 Å². The van der Waals surface area contributed by atoms with Crippen LogP contribution in [0.4, 0.5) is 17.1 Å². The van der Waals surface area contributed by atoms with E-state index in [-0.39, 0.29) is 17.5 Å². The zero-order valence-electron chi connectivity index (χ0n) is 19.2. The summed E-state index contributed by atoms with van der Waals surface area (Å²) in [6.07, 6.45) is 0. The number of piperazine rings is 1. The lowest BCUT2D eigenvalue weighted by atomic mass is 10.1. The molecule has 1 atom stereocenters. The minimum Gasteiger partial charge on any atom is -0.478 e. The van der Waals surface area contributed by atoms with Crippen LogP contribution in [0.25, 0.3) is 0 Å². The number of aryl methyl sites for hydroxylation is 2. The number of carbonyl (C=O) groups is 2. The van der Waals surface area contributed by atoms with Gasteiger partial charge in [0.15, 0.2) is 0 Å². The van der Waals surface area contributed by atoms with Crippen LogP contribution in [0.15, 0.2) is 66.7 Å². The molecule has 0 bridgehead atoms. The molecule has 2 N–H and O–H groups in total. The van der Waals surface area contributed by atoms with Crippen molar-refractivity contribution < 1.29 is 14.7 Å². The summed E-state index contributed by atoms with van der Waals surface area (Å²) < 4.78 is 0. The Hall–Kier alpha value is -3.80. The van der Waals surface area contributed by atoms with E-state index < -0.39 is 5.97 Å². The molecule has 6 nitrogen and oxygen atoms in total. The fraction of sp³-hybridized carbons (Fsp3) is 0.259. The quantitative estimate of drug-likeness (QED) is 0.583. The third-order valence-corrected chi connectivity index (χ3v) is 6.18. The maximum atomic E-state index is 13.0. The van der Waals surface area contributed by atoms with Gasteiger partial charge in [-0.25, -0.2) is 4.79 Å². The molecule has 3 aromatic rings. The number of hydrogen-bond acceptors (Lipinski definition) is 4. The van der Waals surface area contributed by atoms with E-state index in [1.54, 1.807) is 24.3 Å². The molecular weight excluding hydrogens is 414 g/mol. The number of hydrogen-bond donors (Lipinski definition) is 2. The number of carboxylic acids is 1. The number of nitrogens with one attached hydrogen (secondary N) is 1. The van der Waals surface area contributed by atoms with Crippen molar-refractivity contribution in [3.8, 4) is 0 Å². The third-order valence-electron chi connectivity index (χ3n) is 6.18. The summed E-state index contributed by atoms with van der Waals surface area (Å²) in [4.78, 5) is 29.2. The van der Waals surface area contributed by atoms with Gasteiger partial charge in [-0.2, -0.15) is 0 Å². The van der Waals surface area contributed by atoms with Crippen LogP contribution in [0.1, 0.15) is 38.8 Å². The summed E-state index contributed by atoms with van der Waals surface area (Å²) >= 11 is 0. The van der Waals surface area contributed by atoms with Gasteiger partial charge in [-0.15, -0.1) is 0 Å². The number of benzene rings is 3. The summed E-state index contributed by atoms with van der Waals surface area (Å²) in [5.41, 5.74) is 5.36. The molecule has 0 aromatic heterocycles. The molecule has 3 aromatic carbocycles. The average molecular weight is 444 g/mol. The second-order valence-electron chi connectivity index (χ2n) is 8.63. The number of rotatable bonds is 5. The Bertz CT molecular complexity index is 1190. The van der Waals surface area contributed by atoms with E-state index >= 15 is 0 Å². The molecule has 6 heteroatoms. The highest BCUT2D eigenvalue weighted by Gasteiger charge is 2.26. The number of anilines is 3. The summed E-state index contributed by atoms with van der Waals surface area (Å²) in [7, 11) is 0. The molecule has 1 aliphatic heterocycles. The lowest BCUT2D eigenvalue weighted by molar-refractivity contribution is 0.0696. The van der Waals surface area contributed by atoms with E-state index in [1.807, 2.05) is 25.1 Å². The van der Waals surface area contributed by atoms with Crippen LogP contribution < -0.4 is 15.1 Å². The van der Waals surface area contributed by atoms with Crippen molar-refractivity contribution in [3.63, 3.8) is 0 Å². The van der Waals surface area contributed by atoms with Crippen LogP contribution >= 0.6 is 0 Å². The monoisotopic (exact) mass is 443 g/mol. The van der Waals surface area contributed by atoms with Gasteiger partial charge >= 0.3 is 5.97 Å². The summed E-state index contributed by atoms with van der Waals surface area (Å²) in [5.74, 6) is -1.27. The first-order valence-corrected chi connectivity index (χ1v) is 11.2. The maximum absolute atomic E-state index is 13.0. The minimum atomic E-state index is -1.02. The number of carboxylic acid groups (broad SMARTS) is 1. The molecule has 0 aliphatic carbocycles. The van der Waals surface area contributed by atoms with E-state index in [0.717, 1.165) is 30.9 Å². The number of nitrogens with zero attached hydrogens (tertiary/aromatic N) is 2. The average Bonchev–Trinajstić information content (AvgIpc) is 2.79. The molecule has 1 aliphatic rings. The normalized spacial score (nSPS) is 15.9. The SMILES string of the molecule is Cc1cccc(N2CCN(c3ccc(C(=O)O)cc3NC(=O)c3ccccc3C)C[C@@H]2C)c1. The van der Waals surface area contributed by atoms with E-state index in [0.29, 0.717) is 11.3 Å². The van der Waals surface area contributed by atoms with Crippen molar-refractivity contribution in [1.82, 2.24) is 0 Å². The summed E-state index contributed by atoms with van der Waals surface area (Å²) in [5, 5.41) is 12.5. The molecule has 1 heterocycles. The van der Waals surface area contributed by atoms with Crippen molar-refractivity contribution in [2.45, 2.75) is 26.8 Å². The van der Waals surface area contributed by atoms with Gasteiger partial charge in [0, 0.05) is 36.9 Å². The molecule has 33 heavy (non-hydrogen) atoms. The van der Waals surface area contributed by atoms with Gasteiger partial charge in [0.25, 0.3) is 5.91 Å². The van der Waals surface area contributed by atoms with Crippen molar-refractivity contribution in [2.24, 2.45) is 0 Å². The van der Waals surface area contributed by atoms with Crippen molar-refractivity contribution in [1.29, 1.82) is 0 Å². The lowest BCUT2D eigenvalue weighted by Crippen LogP contribution is -2.52. The number of aromatic carboxylic acids is 1.